The third-order valence-electron chi connectivity index (χ3n) is 4.18. The Morgan fingerprint density at radius 2 is 1.82 bits per heavy atom. The van der Waals surface area contributed by atoms with Crippen molar-refractivity contribution in [3.63, 3.8) is 0 Å². The summed E-state index contributed by atoms with van der Waals surface area (Å²) in [6.07, 6.45) is 3.33. The van der Waals surface area contributed by atoms with Crippen molar-refractivity contribution in [2.45, 2.75) is 45.1 Å². The van der Waals surface area contributed by atoms with Crippen LogP contribution in [0, 0.1) is 17.7 Å². The smallest absolute Gasteiger partial charge is 0.129 e. The molecule has 0 aromatic heterocycles. The van der Waals surface area contributed by atoms with Crippen molar-refractivity contribution in [1.29, 1.82) is 0 Å². The zero-order chi connectivity index (χ0) is 12.5. The minimum Gasteiger partial charge on any atom is -0.385 e. The molecule has 0 heterocycles. The van der Waals surface area contributed by atoms with Crippen LogP contribution in [0.2, 0.25) is 0 Å². The summed E-state index contributed by atoms with van der Waals surface area (Å²) in [5.74, 6) is 1.04. The van der Waals surface area contributed by atoms with Crippen LogP contribution < -0.4 is 0 Å². The molecular formula is C15H21FO. The maximum Gasteiger partial charge on any atom is 0.129 e. The van der Waals surface area contributed by atoms with Crippen LogP contribution in [0.4, 0.5) is 4.39 Å². The van der Waals surface area contributed by atoms with Gasteiger partial charge in [0.05, 0.1) is 5.60 Å². The third-order valence-corrected chi connectivity index (χ3v) is 4.18. The quantitative estimate of drug-likeness (QED) is 0.826. The first-order chi connectivity index (χ1) is 8.03. The molecule has 1 aromatic rings. The minimum absolute atomic E-state index is 0.280. The van der Waals surface area contributed by atoms with Crippen LogP contribution >= 0.6 is 0 Å². The van der Waals surface area contributed by atoms with Crippen molar-refractivity contribution in [2.75, 3.05) is 0 Å². The number of hydrogen-bond donors (Lipinski definition) is 1. The predicted octanol–water partition coefficient (Wildman–Crippen LogP) is 3.86. The van der Waals surface area contributed by atoms with Crippen LogP contribution in [0.25, 0.3) is 0 Å². The summed E-state index contributed by atoms with van der Waals surface area (Å²) in [4.78, 5) is 0. The molecule has 1 aromatic carbocycles. The normalized spacial score (nSPS) is 29.6. The van der Waals surface area contributed by atoms with E-state index in [1.54, 1.807) is 18.2 Å². The van der Waals surface area contributed by atoms with E-state index in [0.717, 1.165) is 12.8 Å². The lowest BCUT2D eigenvalue weighted by Crippen LogP contribution is -2.33. The Balaban J connectivity index is 2.15. The molecule has 0 amide bonds. The molecule has 0 radical (unpaired) electrons. The van der Waals surface area contributed by atoms with E-state index in [9.17, 15) is 9.50 Å². The Hall–Kier alpha value is -0.890. The average molecular weight is 236 g/mol. The summed E-state index contributed by atoms with van der Waals surface area (Å²) < 4.78 is 13.7. The highest BCUT2D eigenvalue weighted by atomic mass is 19.1. The summed E-state index contributed by atoms with van der Waals surface area (Å²) in [7, 11) is 0. The molecule has 17 heavy (non-hydrogen) atoms. The van der Waals surface area contributed by atoms with Gasteiger partial charge in [0, 0.05) is 5.56 Å². The first kappa shape index (κ1) is 12.6. The Kier molecular flexibility index (Phi) is 3.53. The molecule has 1 N–H and O–H groups in total. The van der Waals surface area contributed by atoms with Crippen LogP contribution in [0.1, 0.15) is 45.1 Å². The highest BCUT2D eigenvalue weighted by Gasteiger charge is 2.37. The van der Waals surface area contributed by atoms with Crippen LogP contribution in [0.5, 0.6) is 0 Å². The molecule has 0 saturated heterocycles. The molecule has 0 bridgehead atoms. The molecule has 0 aliphatic heterocycles. The first-order valence-corrected chi connectivity index (χ1v) is 6.50. The van der Waals surface area contributed by atoms with E-state index in [4.69, 9.17) is 0 Å². The summed E-state index contributed by atoms with van der Waals surface area (Å²) in [6, 6.07) is 6.61. The summed E-state index contributed by atoms with van der Waals surface area (Å²) in [5, 5.41) is 10.6. The van der Waals surface area contributed by atoms with Gasteiger partial charge >= 0.3 is 0 Å². The van der Waals surface area contributed by atoms with E-state index in [1.807, 2.05) is 0 Å². The number of rotatable bonds is 2. The van der Waals surface area contributed by atoms with Crippen molar-refractivity contribution in [1.82, 2.24) is 0 Å². The van der Waals surface area contributed by atoms with Gasteiger partial charge in [0.25, 0.3) is 0 Å². The van der Waals surface area contributed by atoms with Gasteiger partial charge in [-0.25, -0.2) is 4.39 Å². The lowest BCUT2D eigenvalue weighted by atomic mass is 9.72. The van der Waals surface area contributed by atoms with Gasteiger partial charge in [-0.05, 0) is 43.6 Å². The van der Waals surface area contributed by atoms with Gasteiger partial charge < -0.3 is 5.11 Å². The Morgan fingerprint density at radius 1 is 1.24 bits per heavy atom. The summed E-state index contributed by atoms with van der Waals surface area (Å²) >= 11 is 0. The van der Waals surface area contributed by atoms with Gasteiger partial charge in [-0.15, -0.1) is 0 Å². The van der Waals surface area contributed by atoms with E-state index in [0.29, 0.717) is 30.2 Å². The standard InChI is InChI=1S/C15H21FO/c1-11(2)12-7-9-15(17,10-8-12)13-5-3-4-6-14(13)16/h3-6,11-12,17H,7-10H2,1-2H3. The second-order valence-corrected chi connectivity index (χ2v) is 5.59. The molecule has 94 valence electrons. The number of halogens is 1. The van der Waals surface area contributed by atoms with E-state index < -0.39 is 5.60 Å². The minimum atomic E-state index is -0.948. The number of benzene rings is 1. The maximum absolute atomic E-state index is 13.7. The molecule has 1 aliphatic rings. The lowest BCUT2D eigenvalue weighted by Gasteiger charge is -2.38. The molecule has 1 aliphatic carbocycles. The largest absolute Gasteiger partial charge is 0.385 e. The fraction of sp³-hybridized carbons (Fsp3) is 0.600. The zero-order valence-corrected chi connectivity index (χ0v) is 10.6. The summed E-state index contributed by atoms with van der Waals surface area (Å²) in [5.41, 5.74) is -0.473. The highest BCUT2D eigenvalue weighted by molar-refractivity contribution is 5.24. The van der Waals surface area contributed by atoms with Gasteiger partial charge in [0.1, 0.15) is 5.82 Å². The number of hydrogen-bond acceptors (Lipinski definition) is 1. The van der Waals surface area contributed by atoms with Crippen molar-refractivity contribution < 1.29 is 9.50 Å². The monoisotopic (exact) mass is 236 g/mol. The topological polar surface area (TPSA) is 20.2 Å². The van der Waals surface area contributed by atoms with Gasteiger partial charge in [0.15, 0.2) is 0 Å². The fourth-order valence-corrected chi connectivity index (χ4v) is 2.89. The van der Waals surface area contributed by atoms with Crippen LogP contribution in [-0.4, -0.2) is 5.11 Å². The summed E-state index contributed by atoms with van der Waals surface area (Å²) in [6.45, 7) is 4.44. The fourth-order valence-electron chi connectivity index (χ4n) is 2.89. The zero-order valence-electron chi connectivity index (χ0n) is 10.6. The highest BCUT2D eigenvalue weighted by Crippen LogP contribution is 2.42. The van der Waals surface area contributed by atoms with Crippen LogP contribution in [-0.2, 0) is 5.60 Å². The molecule has 0 atom stereocenters. The molecule has 2 heteroatoms. The molecule has 2 rings (SSSR count). The SMILES string of the molecule is CC(C)C1CCC(O)(c2ccccc2F)CC1. The molecular weight excluding hydrogens is 215 g/mol. The van der Waals surface area contributed by atoms with Crippen molar-refractivity contribution >= 4 is 0 Å². The Labute approximate surface area is 103 Å². The molecule has 0 spiro atoms. The Morgan fingerprint density at radius 3 is 2.35 bits per heavy atom. The van der Waals surface area contributed by atoms with Gasteiger partial charge in [-0.2, -0.15) is 0 Å². The molecule has 1 fully saturated rings. The van der Waals surface area contributed by atoms with E-state index in [1.165, 1.54) is 6.07 Å². The van der Waals surface area contributed by atoms with E-state index in [2.05, 4.69) is 13.8 Å². The Bertz CT molecular complexity index is 378. The number of aliphatic hydroxyl groups is 1. The van der Waals surface area contributed by atoms with Crippen LogP contribution in [0.15, 0.2) is 24.3 Å². The van der Waals surface area contributed by atoms with Crippen molar-refractivity contribution in [3.05, 3.63) is 35.6 Å². The molecule has 0 unspecified atom stereocenters. The van der Waals surface area contributed by atoms with Crippen molar-refractivity contribution in [2.24, 2.45) is 11.8 Å². The molecule has 1 saturated carbocycles. The van der Waals surface area contributed by atoms with Gasteiger partial charge in [-0.3, -0.25) is 0 Å². The van der Waals surface area contributed by atoms with E-state index in [-0.39, 0.29) is 5.82 Å². The lowest BCUT2D eigenvalue weighted by molar-refractivity contribution is -0.0226. The van der Waals surface area contributed by atoms with Crippen LogP contribution in [0.3, 0.4) is 0 Å². The second-order valence-electron chi connectivity index (χ2n) is 5.59. The average Bonchev–Trinajstić information content (AvgIpc) is 2.30. The van der Waals surface area contributed by atoms with Gasteiger partial charge in [-0.1, -0.05) is 32.0 Å². The second kappa shape index (κ2) is 4.77. The molecule has 1 nitrogen and oxygen atoms in total. The van der Waals surface area contributed by atoms with Gasteiger partial charge in [0.2, 0.25) is 0 Å². The third kappa shape index (κ3) is 2.52. The maximum atomic E-state index is 13.7. The first-order valence-electron chi connectivity index (χ1n) is 6.50. The van der Waals surface area contributed by atoms with Crippen molar-refractivity contribution in [3.8, 4) is 0 Å². The predicted molar refractivity (Wildman–Crippen MR) is 67.1 cm³/mol. The van der Waals surface area contributed by atoms with E-state index >= 15 is 0 Å².